The molecule has 1 aromatic carbocycles. The van der Waals surface area contributed by atoms with E-state index in [0.717, 1.165) is 5.56 Å². The normalized spacial score (nSPS) is 12.5. The third kappa shape index (κ3) is 22.0. The molecular formula is C33H59N5O10. The van der Waals surface area contributed by atoms with E-state index < -0.39 is 18.0 Å². The van der Waals surface area contributed by atoms with Gasteiger partial charge in [-0.15, -0.1) is 0 Å². The topological polar surface area (TPSA) is 204 Å². The van der Waals surface area contributed by atoms with Crippen molar-refractivity contribution in [2.45, 2.75) is 51.8 Å². The minimum atomic E-state index is -0.826. The van der Waals surface area contributed by atoms with Crippen LogP contribution in [0.2, 0.25) is 0 Å². The Hall–Kier alpha value is -2.73. The van der Waals surface area contributed by atoms with Gasteiger partial charge in [-0.25, -0.2) is 0 Å². The monoisotopic (exact) mass is 685 g/mol. The summed E-state index contributed by atoms with van der Waals surface area (Å²) in [6, 6.07) is 5.61. The molecule has 2 atom stereocenters. The summed E-state index contributed by atoms with van der Waals surface area (Å²) in [4.78, 5) is 38.8. The third-order valence-corrected chi connectivity index (χ3v) is 6.72. The smallest absolute Gasteiger partial charge is 0.246 e. The third-order valence-electron chi connectivity index (χ3n) is 6.72. The predicted octanol–water partition coefficient (Wildman–Crippen LogP) is 0.584. The second kappa shape index (κ2) is 29.2. The molecular weight excluding hydrogens is 626 g/mol. The number of hydrogen-bond donors (Lipinski definition) is 5. The van der Waals surface area contributed by atoms with Crippen LogP contribution in [0.1, 0.15) is 38.7 Å². The van der Waals surface area contributed by atoms with Crippen LogP contribution in [0.15, 0.2) is 24.3 Å². The molecule has 48 heavy (non-hydrogen) atoms. The molecule has 0 aliphatic heterocycles. The summed E-state index contributed by atoms with van der Waals surface area (Å²) in [5.74, 6) is -1.35. The Labute approximate surface area is 285 Å². The summed E-state index contributed by atoms with van der Waals surface area (Å²) < 4.78 is 37.5. The number of benzene rings is 1. The second-order valence-corrected chi connectivity index (χ2v) is 11.1. The van der Waals surface area contributed by atoms with E-state index >= 15 is 0 Å². The molecule has 0 spiro atoms. The average molecular weight is 686 g/mol. The largest absolute Gasteiger partial charge is 0.380 e. The van der Waals surface area contributed by atoms with Crippen molar-refractivity contribution >= 4 is 23.4 Å². The molecule has 15 heteroatoms. The van der Waals surface area contributed by atoms with Crippen molar-refractivity contribution < 1.29 is 47.5 Å². The number of nitrogens with one attached hydrogen (secondary N) is 3. The van der Waals surface area contributed by atoms with E-state index in [-0.39, 0.29) is 30.8 Å². The molecule has 0 aromatic heterocycles. The lowest BCUT2D eigenvalue weighted by Crippen LogP contribution is -2.54. The second-order valence-electron chi connectivity index (χ2n) is 11.1. The van der Waals surface area contributed by atoms with Crippen molar-refractivity contribution in [1.82, 2.24) is 10.6 Å². The summed E-state index contributed by atoms with van der Waals surface area (Å²) in [5.41, 5.74) is 12.6. The number of amides is 3. The molecule has 3 amide bonds. The van der Waals surface area contributed by atoms with E-state index in [2.05, 4.69) is 16.0 Å². The lowest BCUT2D eigenvalue weighted by Gasteiger charge is -2.25. The van der Waals surface area contributed by atoms with Crippen molar-refractivity contribution in [2.24, 2.45) is 17.4 Å². The number of rotatable bonds is 31. The van der Waals surface area contributed by atoms with Gasteiger partial charge in [0.25, 0.3) is 0 Å². The zero-order valence-corrected chi connectivity index (χ0v) is 29.0. The molecule has 0 aliphatic carbocycles. The Morgan fingerprint density at radius 1 is 0.667 bits per heavy atom. The number of anilines is 1. The molecule has 1 aromatic rings. The van der Waals surface area contributed by atoms with Gasteiger partial charge in [0.1, 0.15) is 12.1 Å². The molecule has 1 rings (SSSR count). The molecule has 0 radical (unpaired) electrons. The average Bonchev–Trinajstić information content (AvgIpc) is 3.07. The molecule has 0 saturated heterocycles. The van der Waals surface area contributed by atoms with Crippen molar-refractivity contribution in [3.63, 3.8) is 0 Å². The van der Waals surface area contributed by atoms with Gasteiger partial charge in [0, 0.05) is 25.8 Å². The lowest BCUT2D eigenvalue weighted by atomic mass is 10.0. The van der Waals surface area contributed by atoms with Gasteiger partial charge >= 0.3 is 0 Å². The highest BCUT2D eigenvalue weighted by molar-refractivity contribution is 5.98. The van der Waals surface area contributed by atoms with Gasteiger partial charge in [-0.3, -0.25) is 14.4 Å². The first-order valence-corrected chi connectivity index (χ1v) is 16.7. The maximum Gasteiger partial charge on any atom is 0.246 e. The van der Waals surface area contributed by atoms with Gasteiger partial charge in [0.05, 0.1) is 85.9 Å². The molecule has 276 valence electrons. The zero-order chi connectivity index (χ0) is 35.2. The Morgan fingerprint density at radius 2 is 1.17 bits per heavy atom. The fourth-order valence-electron chi connectivity index (χ4n) is 4.16. The highest BCUT2D eigenvalue weighted by Gasteiger charge is 2.28. The molecule has 7 N–H and O–H groups in total. The minimum absolute atomic E-state index is 0.0723. The fourth-order valence-corrected chi connectivity index (χ4v) is 4.16. The molecule has 0 bridgehead atoms. The highest BCUT2D eigenvalue weighted by atomic mass is 16.6. The van der Waals surface area contributed by atoms with Crippen LogP contribution in [0, 0.1) is 5.92 Å². The summed E-state index contributed by atoms with van der Waals surface area (Å²) in [5, 5.41) is 8.41. The summed E-state index contributed by atoms with van der Waals surface area (Å²) in [6.45, 7) is 10.1. The van der Waals surface area contributed by atoms with E-state index in [0.29, 0.717) is 111 Å². The van der Waals surface area contributed by atoms with Crippen LogP contribution in [-0.4, -0.2) is 129 Å². The van der Waals surface area contributed by atoms with Crippen LogP contribution in [0.3, 0.4) is 0 Å². The summed E-state index contributed by atoms with van der Waals surface area (Å²) in [6.07, 6.45) is 0.967. The van der Waals surface area contributed by atoms with Gasteiger partial charge in [0.2, 0.25) is 17.7 Å². The molecule has 0 fully saturated rings. The van der Waals surface area contributed by atoms with Gasteiger partial charge in [-0.05, 0) is 43.0 Å². The highest BCUT2D eigenvalue weighted by Crippen LogP contribution is 2.12. The van der Waals surface area contributed by atoms with E-state index in [4.69, 9.17) is 44.6 Å². The number of carbonyl (C=O) groups is 3. The Morgan fingerprint density at radius 3 is 1.62 bits per heavy atom. The van der Waals surface area contributed by atoms with E-state index in [1.807, 2.05) is 26.0 Å². The van der Waals surface area contributed by atoms with Crippen molar-refractivity contribution in [2.75, 3.05) is 105 Å². The lowest BCUT2D eigenvalue weighted by molar-refractivity contribution is -0.132. The standard InChI is InChI=1S/C33H59N5O10/c1-26(2)31(33(41)37-29(5-4-11-34)32(40)36-28-8-6-27(7-9-28)25-42-3)38-30(39)10-13-43-15-17-45-19-21-47-23-24-48-22-20-46-18-16-44-14-12-35/h6-9,26,29,31H,4-5,10-25,34-35H2,1-3H3,(H,36,40)(H,37,41)(H,38,39)/t29-,31-/m0/s1. The summed E-state index contributed by atoms with van der Waals surface area (Å²) >= 11 is 0. The molecule has 15 nitrogen and oxygen atoms in total. The summed E-state index contributed by atoms with van der Waals surface area (Å²) in [7, 11) is 1.61. The van der Waals surface area contributed by atoms with E-state index in [1.165, 1.54) is 0 Å². The van der Waals surface area contributed by atoms with Crippen LogP contribution in [0.5, 0.6) is 0 Å². The van der Waals surface area contributed by atoms with Crippen molar-refractivity contribution in [3.05, 3.63) is 29.8 Å². The van der Waals surface area contributed by atoms with Crippen LogP contribution in [0.25, 0.3) is 0 Å². The molecule has 0 heterocycles. The maximum atomic E-state index is 13.2. The van der Waals surface area contributed by atoms with Crippen molar-refractivity contribution in [1.29, 1.82) is 0 Å². The molecule has 0 aliphatic rings. The van der Waals surface area contributed by atoms with Crippen LogP contribution in [-0.2, 0) is 54.1 Å². The maximum absolute atomic E-state index is 13.2. The van der Waals surface area contributed by atoms with Gasteiger partial charge in [-0.1, -0.05) is 26.0 Å². The minimum Gasteiger partial charge on any atom is -0.380 e. The van der Waals surface area contributed by atoms with Crippen LogP contribution in [0.4, 0.5) is 5.69 Å². The quantitative estimate of drug-likeness (QED) is 0.0682. The zero-order valence-electron chi connectivity index (χ0n) is 29.0. The SMILES string of the molecule is COCc1ccc(NC(=O)[C@H](CCCN)NC(=O)[C@@H](NC(=O)CCOCCOCCOCCOCCOCCOCCN)C(C)C)cc1. The van der Waals surface area contributed by atoms with Gasteiger partial charge in [-0.2, -0.15) is 0 Å². The number of ether oxygens (including phenoxy) is 7. The van der Waals surface area contributed by atoms with E-state index in [9.17, 15) is 14.4 Å². The first-order valence-electron chi connectivity index (χ1n) is 16.7. The van der Waals surface area contributed by atoms with Crippen molar-refractivity contribution in [3.8, 4) is 0 Å². The predicted molar refractivity (Wildman–Crippen MR) is 181 cm³/mol. The Balaban J connectivity index is 2.24. The van der Waals surface area contributed by atoms with Crippen LogP contribution >= 0.6 is 0 Å². The number of methoxy groups -OCH3 is 1. The first-order chi connectivity index (χ1) is 23.3. The number of carbonyl (C=O) groups excluding carboxylic acids is 3. The van der Waals surface area contributed by atoms with Gasteiger partial charge < -0.3 is 60.6 Å². The van der Waals surface area contributed by atoms with Crippen LogP contribution < -0.4 is 27.4 Å². The van der Waals surface area contributed by atoms with E-state index in [1.54, 1.807) is 19.2 Å². The molecule has 0 saturated carbocycles. The molecule has 0 unspecified atom stereocenters. The number of hydrogen-bond acceptors (Lipinski definition) is 12. The number of nitrogens with two attached hydrogens (primary N) is 2. The Kier molecular flexibility index (Phi) is 26.3. The Bertz CT molecular complexity index is 971. The fraction of sp³-hybridized carbons (Fsp3) is 0.727. The van der Waals surface area contributed by atoms with Gasteiger partial charge in [0.15, 0.2) is 0 Å². The first kappa shape index (κ1) is 43.3.